The zero-order valence-corrected chi connectivity index (χ0v) is 13.1. The minimum Gasteiger partial charge on any atom is -0.481 e. The van der Waals surface area contributed by atoms with Gasteiger partial charge in [0.25, 0.3) is 5.91 Å². The molecule has 1 heterocycles. The van der Waals surface area contributed by atoms with Gasteiger partial charge in [0.2, 0.25) is 0 Å². The quantitative estimate of drug-likeness (QED) is 0.884. The topological polar surface area (TPSA) is 84.2 Å². The number of halogens is 1. The summed E-state index contributed by atoms with van der Waals surface area (Å²) in [5.74, 6) is -2.48. The number of aromatic nitrogens is 2. The van der Waals surface area contributed by atoms with Gasteiger partial charge in [-0.05, 0) is 50.6 Å². The van der Waals surface area contributed by atoms with Gasteiger partial charge in [-0.15, -0.1) is 0 Å². The number of carboxylic acid groups (broad SMARTS) is 1. The lowest BCUT2D eigenvalue weighted by molar-refractivity contribution is -0.141. The molecule has 0 aliphatic heterocycles. The first-order valence-corrected chi connectivity index (χ1v) is 7.15. The predicted octanol–water partition coefficient (Wildman–Crippen LogP) is 2.16. The van der Waals surface area contributed by atoms with Gasteiger partial charge < -0.3 is 10.4 Å². The van der Waals surface area contributed by atoms with Crippen LogP contribution in [0.15, 0.2) is 30.5 Å². The van der Waals surface area contributed by atoms with Crippen LogP contribution in [0.5, 0.6) is 0 Å². The summed E-state index contributed by atoms with van der Waals surface area (Å²) in [5, 5.41) is 15.7. The Morgan fingerprint density at radius 3 is 2.61 bits per heavy atom. The van der Waals surface area contributed by atoms with E-state index in [1.54, 1.807) is 26.1 Å². The Labute approximate surface area is 132 Å². The van der Waals surface area contributed by atoms with E-state index in [2.05, 4.69) is 10.4 Å². The fraction of sp³-hybridized carbons (Fsp3) is 0.312. The Balaban J connectivity index is 2.15. The van der Waals surface area contributed by atoms with Crippen LogP contribution in [0, 0.1) is 18.7 Å². The van der Waals surface area contributed by atoms with Crippen molar-refractivity contribution >= 4 is 11.9 Å². The number of nitrogens with one attached hydrogen (secondary N) is 1. The second kappa shape index (κ2) is 6.60. The van der Waals surface area contributed by atoms with Crippen molar-refractivity contribution in [2.24, 2.45) is 5.92 Å². The van der Waals surface area contributed by atoms with E-state index in [0.717, 1.165) is 0 Å². The van der Waals surface area contributed by atoms with Gasteiger partial charge in [0.05, 0.1) is 11.6 Å². The fourth-order valence-electron chi connectivity index (χ4n) is 2.07. The van der Waals surface area contributed by atoms with Crippen molar-refractivity contribution in [1.82, 2.24) is 15.1 Å². The van der Waals surface area contributed by atoms with Gasteiger partial charge in [0.15, 0.2) is 5.69 Å². The van der Waals surface area contributed by atoms with E-state index in [4.69, 9.17) is 5.11 Å². The molecule has 1 aromatic heterocycles. The Bertz CT molecular complexity index is 742. The first-order valence-electron chi connectivity index (χ1n) is 7.15. The molecule has 2 rings (SSSR count). The zero-order valence-electron chi connectivity index (χ0n) is 13.1. The fourth-order valence-corrected chi connectivity index (χ4v) is 2.07. The molecule has 0 aliphatic rings. The third-order valence-corrected chi connectivity index (χ3v) is 3.73. The van der Waals surface area contributed by atoms with Crippen LogP contribution in [-0.4, -0.2) is 32.8 Å². The number of carbonyl (C=O) groups excluding carboxylic acids is 1. The number of carboxylic acids is 1. The summed E-state index contributed by atoms with van der Waals surface area (Å²) >= 11 is 0. The molecule has 0 aliphatic carbocycles. The average Bonchev–Trinajstić information content (AvgIpc) is 2.95. The van der Waals surface area contributed by atoms with Gasteiger partial charge in [0.1, 0.15) is 5.82 Å². The van der Waals surface area contributed by atoms with Gasteiger partial charge in [-0.3, -0.25) is 9.59 Å². The molecule has 1 aromatic carbocycles. The van der Waals surface area contributed by atoms with Crippen molar-refractivity contribution < 1.29 is 19.1 Å². The molecule has 0 bridgehead atoms. The monoisotopic (exact) mass is 319 g/mol. The molecule has 0 saturated carbocycles. The van der Waals surface area contributed by atoms with Gasteiger partial charge in [-0.2, -0.15) is 5.10 Å². The minimum absolute atomic E-state index is 0.165. The van der Waals surface area contributed by atoms with Crippen LogP contribution in [0.3, 0.4) is 0 Å². The summed E-state index contributed by atoms with van der Waals surface area (Å²) in [4.78, 5) is 23.0. The molecular weight excluding hydrogens is 301 g/mol. The number of amides is 1. The number of aliphatic carboxylic acids is 1. The van der Waals surface area contributed by atoms with Crippen molar-refractivity contribution in [1.29, 1.82) is 0 Å². The van der Waals surface area contributed by atoms with Crippen LogP contribution in [0.4, 0.5) is 4.39 Å². The Hall–Kier alpha value is -2.70. The molecule has 2 unspecified atom stereocenters. The highest BCUT2D eigenvalue weighted by molar-refractivity contribution is 5.92. The molecule has 122 valence electrons. The molecule has 0 spiro atoms. The first kappa shape index (κ1) is 16.7. The van der Waals surface area contributed by atoms with Gasteiger partial charge in [-0.1, -0.05) is 0 Å². The second-order valence-corrected chi connectivity index (χ2v) is 5.47. The van der Waals surface area contributed by atoms with Crippen molar-refractivity contribution in [2.45, 2.75) is 26.8 Å². The van der Waals surface area contributed by atoms with Crippen LogP contribution in [-0.2, 0) is 4.79 Å². The van der Waals surface area contributed by atoms with Gasteiger partial charge >= 0.3 is 5.97 Å². The zero-order chi connectivity index (χ0) is 17.1. The van der Waals surface area contributed by atoms with Crippen molar-refractivity contribution in [3.8, 4) is 5.69 Å². The van der Waals surface area contributed by atoms with E-state index in [1.807, 2.05) is 0 Å². The summed E-state index contributed by atoms with van der Waals surface area (Å²) in [6.45, 7) is 4.89. The highest BCUT2D eigenvalue weighted by Crippen LogP contribution is 2.15. The smallest absolute Gasteiger partial charge is 0.308 e. The molecule has 2 N–H and O–H groups in total. The highest BCUT2D eigenvalue weighted by atomic mass is 19.1. The maximum Gasteiger partial charge on any atom is 0.308 e. The Kier molecular flexibility index (Phi) is 4.78. The molecule has 0 radical (unpaired) electrons. The third-order valence-electron chi connectivity index (χ3n) is 3.73. The number of nitrogens with zero attached hydrogens (tertiary/aromatic N) is 2. The van der Waals surface area contributed by atoms with E-state index in [-0.39, 0.29) is 11.5 Å². The molecule has 0 fully saturated rings. The number of rotatable bonds is 5. The Morgan fingerprint density at radius 1 is 1.30 bits per heavy atom. The minimum atomic E-state index is -0.981. The number of hydrogen-bond acceptors (Lipinski definition) is 3. The summed E-state index contributed by atoms with van der Waals surface area (Å²) < 4.78 is 14.6. The number of carbonyl (C=O) groups is 2. The van der Waals surface area contributed by atoms with E-state index in [9.17, 15) is 14.0 Å². The molecule has 1 amide bonds. The number of aryl methyl sites for hydroxylation is 1. The molecule has 6 nitrogen and oxygen atoms in total. The second-order valence-electron chi connectivity index (χ2n) is 5.47. The standard InChI is InChI=1S/C16H18FN3O3/c1-9-8-12(17)4-5-14(9)20-7-6-13(19-20)15(21)18-11(3)10(2)16(22)23/h4-8,10-11H,1-3H3,(H,18,21)(H,22,23). The molecule has 23 heavy (non-hydrogen) atoms. The van der Waals surface area contributed by atoms with Crippen LogP contribution in [0.25, 0.3) is 5.69 Å². The number of hydrogen-bond donors (Lipinski definition) is 2. The number of benzene rings is 1. The Morgan fingerprint density at radius 2 is 2.00 bits per heavy atom. The maximum absolute atomic E-state index is 13.1. The summed E-state index contributed by atoms with van der Waals surface area (Å²) in [5.41, 5.74) is 1.52. The summed E-state index contributed by atoms with van der Waals surface area (Å²) in [6, 6.07) is 5.27. The maximum atomic E-state index is 13.1. The summed E-state index contributed by atoms with van der Waals surface area (Å²) in [6.07, 6.45) is 1.60. The lowest BCUT2D eigenvalue weighted by Gasteiger charge is -2.16. The van der Waals surface area contributed by atoms with Crippen LogP contribution in [0.2, 0.25) is 0 Å². The van der Waals surface area contributed by atoms with E-state index in [0.29, 0.717) is 11.3 Å². The van der Waals surface area contributed by atoms with Crippen molar-refractivity contribution in [3.63, 3.8) is 0 Å². The van der Waals surface area contributed by atoms with Gasteiger partial charge in [-0.25, -0.2) is 9.07 Å². The third kappa shape index (κ3) is 3.74. The lowest BCUT2D eigenvalue weighted by atomic mass is 10.0. The van der Waals surface area contributed by atoms with E-state index < -0.39 is 23.8 Å². The molecule has 2 atom stereocenters. The van der Waals surface area contributed by atoms with Crippen molar-refractivity contribution in [3.05, 3.63) is 47.5 Å². The molecular formula is C16H18FN3O3. The SMILES string of the molecule is Cc1cc(F)ccc1-n1ccc(C(=O)NC(C)C(C)C(=O)O)n1. The van der Waals surface area contributed by atoms with Crippen LogP contribution in [0.1, 0.15) is 29.9 Å². The van der Waals surface area contributed by atoms with E-state index >= 15 is 0 Å². The molecule has 2 aromatic rings. The first-order chi connectivity index (χ1) is 10.8. The molecule has 7 heteroatoms. The highest BCUT2D eigenvalue weighted by Gasteiger charge is 2.22. The predicted molar refractivity (Wildman–Crippen MR) is 82.0 cm³/mol. The van der Waals surface area contributed by atoms with Crippen LogP contribution >= 0.6 is 0 Å². The molecule has 0 saturated heterocycles. The normalized spacial score (nSPS) is 13.4. The van der Waals surface area contributed by atoms with Gasteiger partial charge in [0, 0.05) is 12.2 Å². The largest absolute Gasteiger partial charge is 0.481 e. The van der Waals surface area contributed by atoms with Crippen LogP contribution < -0.4 is 5.32 Å². The average molecular weight is 319 g/mol. The lowest BCUT2D eigenvalue weighted by Crippen LogP contribution is -2.40. The van der Waals surface area contributed by atoms with Crippen molar-refractivity contribution in [2.75, 3.05) is 0 Å². The van der Waals surface area contributed by atoms with E-state index in [1.165, 1.54) is 29.8 Å². The summed E-state index contributed by atoms with van der Waals surface area (Å²) in [7, 11) is 0.